The fourth-order valence-corrected chi connectivity index (χ4v) is 1.33. The Labute approximate surface area is 104 Å². The minimum Gasteiger partial charge on any atom is -0.394 e. The van der Waals surface area contributed by atoms with E-state index in [0.717, 1.165) is 12.1 Å². The van der Waals surface area contributed by atoms with Gasteiger partial charge in [0.2, 0.25) is 5.91 Å². The maximum atomic E-state index is 13.2. The Hall–Kier alpha value is -1.53. The van der Waals surface area contributed by atoms with E-state index in [1.54, 1.807) is 0 Å². The van der Waals surface area contributed by atoms with Gasteiger partial charge in [-0.3, -0.25) is 4.79 Å². The summed E-state index contributed by atoms with van der Waals surface area (Å²) in [4.78, 5) is 11.4. The molecule has 0 aliphatic rings. The third kappa shape index (κ3) is 5.20. The highest BCUT2D eigenvalue weighted by Crippen LogP contribution is 2.09. The first-order valence-electron chi connectivity index (χ1n) is 5.52. The molecule has 1 amide bonds. The second-order valence-corrected chi connectivity index (χ2v) is 3.60. The van der Waals surface area contributed by atoms with Crippen LogP contribution in [0, 0.1) is 11.6 Å². The number of amides is 1. The fourth-order valence-electron chi connectivity index (χ4n) is 1.33. The lowest BCUT2D eigenvalue weighted by atomic mass is 10.1. The normalized spacial score (nSPS) is 10.4. The molecular weight excluding hydrogens is 244 g/mol. The van der Waals surface area contributed by atoms with E-state index >= 15 is 0 Å². The first-order chi connectivity index (χ1) is 8.63. The van der Waals surface area contributed by atoms with Crippen LogP contribution in [0.4, 0.5) is 8.78 Å². The molecule has 0 radical (unpaired) electrons. The smallest absolute Gasteiger partial charge is 0.224 e. The lowest BCUT2D eigenvalue weighted by molar-refractivity contribution is -0.120. The van der Waals surface area contributed by atoms with Crippen LogP contribution in [-0.2, 0) is 16.0 Å². The van der Waals surface area contributed by atoms with Gasteiger partial charge in [0.15, 0.2) is 0 Å². The molecule has 6 heteroatoms. The van der Waals surface area contributed by atoms with E-state index in [2.05, 4.69) is 5.32 Å². The maximum Gasteiger partial charge on any atom is 0.224 e. The molecule has 1 aromatic rings. The van der Waals surface area contributed by atoms with Crippen LogP contribution in [0.5, 0.6) is 0 Å². The van der Waals surface area contributed by atoms with Crippen LogP contribution < -0.4 is 5.32 Å². The largest absolute Gasteiger partial charge is 0.394 e. The van der Waals surface area contributed by atoms with E-state index < -0.39 is 11.6 Å². The number of hydrogen-bond acceptors (Lipinski definition) is 3. The number of hydrogen-bond donors (Lipinski definition) is 2. The molecule has 0 bridgehead atoms. The van der Waals surface area contributed by atoms with Gasteiger partial charge in [-0.05, 0) is 11.6 Å². The van der Waals surface area contributed by atoms with Crippen LogP contribution >= 0.6 is 0 Å². The Balaban J connectivity index is 2.31. The van der Waals surface area contributed by atoms with Gasteiger partial charge in [-0.1, -0.05) is 6.07 Å². The van der Waals surface area contributed by atoms with Gasteiger partial charge in [0, 0.05) is 12.6 Å². The van der Waals surface area contributed by atoms with Crippen LogP contribution in [0.1, 0.15) is 5.56 Å². The SMILES string of the molecule is O=C(Cc1ccc(F)cc1F)NCCOCCO. The van der Waals surface area contributed by atoms with Crippen LogP contribution in [0.3, 0.4) is 0 Å². The monoisotopic (exact) mass is 259 g/mol. The highest BCUT2D eigenvalue weighted by atomic mass is 19.1. The number of halogens is 2. The average Bonchev–Trinajstić information content (AvgIpc) is 2.32. The standard InChI is InChI=1S/C12H15F2NO3/c13-10-2-1-9(11(14)8-10)7-12(17)15-3-5-18-6-4-16/h1-2,8,16H,3-7H2,(H,15,17). The summed E-state index contributed by atoms with van der Waals surface area (Å²) in [7, 11) is 0. The van der Waals surface area contributed by atoms with Crippen molar-refractivity contribution >= 4 is 5.91 Å². The Bertz CT molecular complexity index is 399. The zero-order valence-corrected chi connectivity index (χ0v) is 9.79. The molecule has 0 atom stereocenters. The van der Waals surface area contributed by atoms with Crippen molar-refractivity contribution in [2.45, 2.75) is 6.42 Å². The summed E-state index contributed by atoms with van der Waals surface area (Å²) in [5.74, 6) is -1.77. The van der Waals surface area contributed by atoms with Gasteiger partial charge in [-0.2, -0.15) is 0 Å². The van der Waals surface area contributed by atoms with Crippen LogP contribution in [-0.4, -0.2) is 37.4 Å². The lowest BCUT2D eigenvalue weighted by Crippen LogP contribution is -2.29. The molecular formula is C12H15F2NO3. The molecule has 2 N–H and O–H groups in total. The molecule has 0 spiro atoms. The van der Waals surface area contributed by atoms with Crippen molar-refractivity contribution in [3.63, 3.8) is 0 Å². The van der Waals surface area contributed by atoms with Crippen molar-refractivity contribution in [1.29, 1.82) is 0 Å². The number of nitrogens with one attached hydrogen (secondary N) is 1. The highest BCUT2D eigenvalue weighted by molar-refractivity contribution is 5.78. The van der Waals surface area contributed by atoms with Crippen LogP contribution in [0.25, 0.3) is 0 Å². The van der Waals surface area contributed by atoms with Gasteiger partial charge in [0.05, 0.1) is 26.2 Å². The number of ether oxygens (including phenoxy) is 1. The third-order valence-electron chi connectivity index (χ3n) is 2.17. The van der Waals surface area contributed by atoms with E-state index in [1.165, 1.54) is 6.07 Å². The molecule has 100 valence electrons. The molecule has 0 saturated heterocycles. The summed E-state index contributed by atoms with van der Waals surface area (Å²) in [6.07, 6.45) is -0.147. The highest BCUT2D eigenvalue weighted by Gasteiger charge is 2.08. The summed E-state index contributed by atoms with van der Waals surface area (Å²) < 4.78 is 30.8. The Morgan fingerprint density at radius 3 is 2.78 bits per heavy atom. The molecule has 0 unspecified atom stereocenters. The van der Waals surface area contributed by atoms with Gasteiger partial charge in [0.25, 0.3) is 0 Å². The molecule has 0 aliphatic carbocycles. The van der Waals surface area contributed by atoms with E-state index in [0.29, 0.717) is 0 Å². The van der Waals surface area contributed by atoms with Gasteiger partial charge in [0.1, 0.15) is 11.6 Å². The minimum atomic E-state index is -0.735. The second kappa shape index (κ2) is 7.73. The molecule has 0 aliphatic heterocycles. The summed E-state index contributed by atoms with van der Waals surface area (Å²) in [6, 6.07) is 3.09. The Morgan fingerprint density at radius 1 is 1.33 bits per heavy atom. The lowest BCUT2D eigenvalue weighted by Gasteiger charge is -2.06. The van der Waals surface area contributed by atoms with Crippen molar-refractivity contribution < 1.29 is 23.4 Å². The van der Waals surface area contributed by atoms with Gasteiger partial charge < -0.3 is 15.2 Å². The molecule has 0 saturated carbocycles. The van der Waals surface area contributed by atoms with Gasteiger partial charge in [-0.15, -0.1) is 0 Å². The molecule has 18 heavy (non-hydrogen) atoms. The van der Waals surface area contributed by atoms with Crippen molar-refractivity contribution in [3.05, 3.63) is 35.4 Å². The van der Waals surface area contributed by atoms with Crippen molar-refractivity contribution in [2.75, 3.05) is 26.4 Å². The maximum absolute atomic E-state index is 13.2. The molecule has 0 fully saturated rings. The molecule has 0 heterocycles. The number of aliphatic hydroxyl groups is 1. The predicted octanol–water partition coefficient (Wildman–Crippen LogP) is 0.632. The first-order valence-corrected chi connectivity index (χ1v) is 5.52. The van der Waals surface area contributed by atoms with Crippen molar-refractivity contribution in [1.82, 2.24) is 5.32 Å². The number of carbonyl (C=O) groups is 1. The van der Waals surface area contributed by atoms with Crippen molar-refractivity contribution in [3.8, 4) is 0 Å². The van der Waals surface area contributed by atoms with Crippen LogP contribution in [0.2, 0.25) is 0 Å². The fraction of sp³-hybridized carbons (Fsp3) is 0.417. The average molecular weight is 259 g/mol. The predicted molar refractivity (Wildman–Crippen MR) is 61.0 cm³/mol. The van der Waals surface area contributed by atoms with Gasteiger partial charge in [-0.25, -0.2) is 8.78 Å². The number of aliphatic hydroxyl groups excluding tert-OH is 1. The zero-order valence-electron chi connectivity index (χ0n) is 9.79. The van der Waals surface area contributed by atoms with E-state index in [4.69, 9.17) is 9.84 Å². The van der Waals surface area contributed by atoms with E-state index in [-0.39, 0.29) is 44.3 Å². The number of benzene rings is 1. The third-order valence-corrected chi connectivity index (χ3v) is 2.17. The minimum absolute atomic E-state index is 0.0747. The second-order valence-electron chi connectivity index (χ2n) is 3.60. The zero-order chi connectivity index (χ0) is 13.4. The van der Waals surface area contributed by atoms with Gasteiger partial charge >= 0.3 is 0 Å². The van der Waals surface area contributed by atoms with E-state index in [9.17, 15) is 13.6 Å². The molecule has 4 nitrogen and oxygen atoms in total. The van der Waals surface area contributed by atoms with Crippen LogP contribution in [0.15, 0.2) is 18.2 Å². The Morgan fingerprint density at radius 2 is 2.11 bits per heavy atom. The molecule has 1 rings (SSSR count). The summed E-state index contributed by atoms with van der Waals surface area (Å²) in [5, 5.41) is 11.0. The number of rotatable bonds is 7. The van der Waals surface area contributed by atoms with E-state index in [1.807, 2.05) is 0 Å². The summed E-state index contributed by atoms with van der Waals surface area (Å²) in [5.41, 5.74) is 0.144. The molecule has 0 aromatic heterocycles. The number of carbonyl (C=O) groups excluding carboxylic acids is 1. The molecule has 1 aromatic carbocycles. The quantitative estimate of drug-likeness (QED) is 0.706. The first kappa shape index (κ1) is 14.5. The summed E-state index contributed by atoms with van der Waals surface area (Å²) in [6.45, 7) is 0.692. The Kier molecular flexibility index (Phi) is 6.24. The van der Waals surface area contributed by atoms with Crippen molar-refractivity contribution in [2.24, 2.45) is 0 Å². The topological polar surface area (TPSA) is 58.6 Å². The summed E-state index contributed by atoms with van der Waals surface area (Å²) >= 11 is 0.